The quantitative estimate of drug-likeness (QED) is 0.848. The molecule has 6 nitrogen and oxygen atoms in total. The van der Waals surface area contributed by atoms with Crippen molar-refractivity contribution >= 4 is 21.4 Å². The zero-order valence-corrected chi connectivity index (χ0v) is 12.8. The van der Waals surface area contributed by atoms with E-state index in [1.165, 1.54) is 13.1 Å². The monoisotopic (exact) mass is 312 g/mol. The maximum absolute atomic E-state index is 13.3. The number of halogens is 1. The predicted molar refractivity (Wildman–Crippen MR) is 79.0 cm³/mol. The van der Waals surface area contributed by atoms with Gasteiger partial charge in [0.05, 0.1) is 22.5 Å². The molecular formula is C13H17FN4O2S. The van der Waals surface area contributed by atoms with Crippen LogP contribution in [0.25, 0.3) is 0 Å². The highest BCUT2D eigenvalue weighted by atomic mass is 32.2. The normalized spacial score (nSPS) is 11.9. The van der Waals surface area contributed by atoms with Gasteiger partial charge in [0.2, 0.25) is 0 Å². The molecule has 0 aliphatic rings. The van der Waals surface area contributed by atoms with Crippen molar-refractivity contribution in [3.05, 3.63) is 35.9 Å². The van der Waals surface area contributed by atoms with Gasteiger partial charge in [-0.15, -0.1) is 0 Å². The van der Waals surface area contributed by atoms with Crippen molar-refractivity contribution in [3.63, 3.8) is 0 Å². The molecule has 0 aliphatic heterocycles. The summed E-state index contributed by atoms with van der Waals surface area (Å²) in [6.45, 7) is 5.36. The molecule has 21 heavy (non-hydrogen) atoms. The zero-order valence-electron chi connectivity index (χ0n) is 12.0. The van der Waals surface area contributed by atoms with E-state index in [1.54, 1.807) is 10.9 Å². The van der Waals surface area contributed by atoms with Crippen LogP contribution >= 0.6 is 0 Å². The van der Waals surface area contributed by atoms with Gasteiger partial charge in [-0.05, 0) is 38.5 Å². The summed E-state index contributed by atoms with van der Waals surface area (Å²) in [6.07, 6.45) is 3.00. The minimum absolute atomic E-state index is 0.0568. The summed E-state index contributed by atoms with van der Waals surface area (Å²) < 4.78 is 42.0. The van der Waals surface area contributed by atoms with Gasteiger partial charge in [-0.1, -0.05) is 0 Å². The molecule has 0 unspecified atom stereocenters. The second-order valence-corrected chi connectivity index (χ2v) is 6.70. The minimum Gasteiger partial charge on any atom is -0.396 e. The van der Waals surface area contributed by atoms with Gasteiger partial charge in [-0.3, -0.25) is 9.40 Å². The first-order valence-electron chi connectivity index (χ1n) is 6.33. The van der Waals surface area contributed by atoms with Crippen molar-refractivity contribution in [1.29, 1.82) is 0 Å². The summed E-state index contributed by atoms with van der Waals surface area (Å²) in [6, 6.07) is 2.33. The van der Waals surface area contributed by atoms with Crippen LogP contribution in [0.5, 0.6) is 0 Å². The van der Waals surface area contributed by atoms with Crippen LogP contribution < -0.4 is 10.5 Å². The summed E-state index contributed by atoms with van der Waals surface area (Å²) in [4.78, 5) is -0.0568. The number of benzene rings is 1. The minimum atomic E-state index is -3.85. The number of rotatable bonds is 4. The van der Waals surface area contributed by atoms with E-state index in [2.05, 4.69) is 9.82 Å². The average Bonchev–Trinajstić information content (AvgIpc) is 2.81. The molecule has 2 aromatic rings. The van der Waals surface area contributed by atoms with E-state index in [0.29, 0.717) is 5.69 Å². The van der Waals surface area contributed by atoms with Gasteiger partial charge in [0.1, 0.15) is 5.82 Å². The molecule has 114 valence electrons. The molecule has 1 aromatic heterocycles. The van der Waals surface area contributed by atoms with Crippen molar-refractivity contribution < 1.29 is 12.8 Å². The number of aromatic nitrogens is 2. The molecule has 2 rings (SSSR count). The molecule has 8 heteroatoms. The van der Waals surface area contributed by atoms with Crippen molar-refractivity contribution in [1.82, 2.24) is 9.78 Å². The molecule has 0 bridgehead atoms. The Hall–Kier alpha value is -2.09. The van der Waals surface area contributed by atoms with E-state index < -0.39 is 15.8 Å². The van der Waals surface area contributed by atoms with E-state index in [0.717, 1.165) is 12.1 Å². The molecular weight excluding hydrogens is 295 g/mol. The standard InChI is InChI=1S/C13H17FN4O2S/c1-8(2)18-7-10(6-16-18)17-21(19,20)13-5-12(15)11(14)4-9(13)3/h4-8,17H,15H2,1-3H3. The molecule has 0 radical (unpaired) electrons. The Morgan fingerprint density at radius 2 is 2.05 bits per heavy atom. The first-order valence-corrected chi connectivity index (χ1v) is 7.81. The van der Waals surface area contributed by atoms with Gasteiger partial charge in [0.25, 0.3) is 10.0 Å². The molecule has 0 fully saturated rings. The number of aryl methyl sites for hydroxylation is 1. The Kier molecular flexibility index (Phi) is 3.91. The highest BCUT2D eigenvalue weighted by Crippen LogP contribution is 2.24. The average molecular weight is 312 g/mol. The van der Waals surface area contributed by atoms with E-state index in [1.807, 2.05) is 13.8 Å². The van der Waals surface area contributed by atoms with Crippen LogP contribution in [0.3, 0.4) is 0 Å². The lowest BCUT2D eigenvalue weighted by Gasteiger charge is -2.10. The third kappa shape index (κ3) is 3.15. The molecule has 0 aliphatic carbocycles. The van der Waals surface area contributed by atoms with E-state index in [-0.39, 0.29) is 22.2 Å². The fourth-order valence-electron chi connectivity index (χ4n) is 1.84. The number of sulfonamides is 1. The van der Waals surface area contributed by atoms with Crippen LogP contribution in [0.4, 0.5) is 15.8 Å². The van der Waals surface area contributed by atoms with Crippen LogP contribution in [0.15, 0.2) is 29.4 Å². The molecule has 1 aromatic carbocycles. The van der Waals surface area contributed by atoms with Gasteiger partial charge in [-0.2, -0.15) is 5.10 Å². The number of hydrogen-bond donors (Lipinski definition) is 2. The first-order chi connectivity index (χ1) is 9.70. The summed E-state index contributed by atoms with van der Waals surface area (Å²) >= 11 is 0. The Labute approximate surface area is 122 Å². The number of anilines is 2. The second-order valence-electron chi connectivity index (χ2n) is 5.05. The molecule has 3 N–H and O–H groups in total. The van der Waals surface area contributed by atoms with Gasteiger partial charge in [-0.25, -0.2) is 12.8 Å². The van der Waals surface area contributed by atoms with Crippen molar-refractivity contribution in [2.45, 2.75) is 31.7 Å². The molecule has 0 saturated heterocycles. The van der Waals surface area contributed by atoms with Gasteiger partial charge in [0, 0.05) is 12.2 Å². The lowest BCUT2D eigenvalue weighted by atomic mass is 10.2. The SMILES string of the molecule is Cc1cc(F)c(N)cc1S(=O)(=O)Nc1cnn(C(C)C)c1. The summed E-state index contributed by atoms with van der Waals surface area (Å²) in [5.41, 5.74) is 5.85. The molecule has 0 amide bonds. The number of nitrogens with two attached hydrogens (primary N) is 1. The van der Waals surface area contributed by atoms with Gasteiger partial charge in [0.15, 0.2) is 0 Å². The Bertz CT molecular complexity index is 768. The molecule has 0 atom stereocenters. The number of nitrogens with one attached hydrogen (secondary N) is 1. The lowest BCUT2D eigenvalue weighted by Crippen LogP contribution is -2.14. The van der Waals surface area contributed by atoms with E-state index in [4.69, 9.17) is 5.73 Å². The third-order valence-corrected chi connectivity index (χ3v) is 4.49. The third-order valence-electron chi connectivity index (χ3n) is 2.97. The Morgan fingerprint density at radius 1 is 1.38 bits per heavy atom. The number of hydrogen-bond acceptors (Lipinski definition) is 4. The smallest absolute Gasteiger partial charge is 0.262 e. The van der Waals surface area contributed by atoms with Crippen LogP contribution in [0.1, 0.15) is 25.5 Å². The first kappa shape index (κ1) is 15.3. The van der Waals surface area contributed by atoms with Crippen molar-refractivity contribution in [2.75, 3.05) is 10.5 Å². The van der Waals surface area contributed by atoms with Crippen LogP contribution in [0, 0.1) is 12.7 Å². The molecule has 0 spiro atoms. The number of nitrogen functional groups attached to an aromatic ring is 1. The lowest BCUT2D eigenvalue weighted by molar-refractivity contribution is 0.532. The van der Waals surface area contributed by atoms with E-state index in [9.17, 15) is 12.8 Å². The molecule has 1 heterocycles. The van der Waals surface area contributed by atoms with Crippen LogP contribution in [-0.4, -0.2) is 18.2 Å². The fourth-order valence-corrected chi connectivity index (χ4v) is 3.13. The summed E-state index contributed by atoms with van der Waals surface area (Å²) in [7, 11) is -3.85. The number of nitrogens with zero attached hydrogens (tertiary/aromatic N) is 2. The van der Waals surface area contributed by atoms with Gasteiger partial charge >= 0.3 is 0 Å². The highest BCUT2D eigenvalue weighted by molar-refractivity contribution is 7.92. The maximum atomic E-state index is 13.3. The van der Waals surface area contributed by atoms with E-state index >= 15 is 0 Å². The Balaban J connectivity index is 2.36. The van der Waals surface area contributed by atoms with Crippen molar-refractivity contribution in [3.8, 4) is 0 Å². The van der Waals surface area contributed by atoms with Gasteiger partial charge < -0.3 is 5.73 Å². The zero-order chi connectivity index (χ0) is 15.8. The highest BCUT2D eigenvalue weighted by Gasteiger charge is 2.20. The fraction of sp³-hybridized carbons (Fsp3) is 0.308. The second kappa shape index (κ2) is 5.36. The largest absolute Gasteiger partial charge is 0.396 e. The van der Waals surface area contributed by atoms with Crippen LogP contribution in [0.2, 0.25) is 0 Å². The predicted octanol–water partition coefficient (Wildman–Crippen LogP) is 2.29. The molecule has 0 saturated carbocycles. The Morgan fingerprint density at radius 3 is 2.62 bits per heavy atom. The topological polar surface area (TPSA) is 90.0 Å². The van der Waals surface area contributed by atoms with Crippen molar-refractivity contribution in [2.24, 2.45) is 0 Å². The maximum Gasteiger partial charge on any atom is 0.262 e. The summed E-state index contributed by atoms with van der Waals surface area (Å²) in [5.74, 6) is -0.640. The van der Waals surface area contributed by atoms with Crippen LogP contribution in [-0.2, 0) is 10.0 Å². The summed E-state index contributed by atoms with van der Waals surface area (Å²) in [5, 5.41) is 4.05.